The third-order valence-electron chi connectivity index (χ3n) is 5.71. The molecule has 1 aromatic carbocycles. The molecule has 1 aliphatic carbocycles. The lowest BCUT2D eigenvalue weighted by molar-refractivity contribution is -0.140. The van der Waals surface area contributed by atoms with E-state index in [9.17, 15) is 18.8 Å². The van der Waals surface area contributed by atoms with E-state index in [1.807, 2.05) is 13.8 Å². The molecular weight excluding hydrogens is 347 g/mol. The van der Waals surface area contributed by atoms with Gasteiger partial charge in [-0.05, 0) is 36.5 Å². The van der Waals surface area contributed by atoms with Crippen LogP contribution in [-0.2, 0) is 14.4 Å². The van der Waals surface area contributed by atoms with Crippen molar-refractivity contribution in [1.82, 2.24) is 10.2 Å². The first-order valence-corrected chi connectivity index (χ1v) is 9.78. The van der Waals surface area contributed by atoms with Crippen LogP contribution in [0.2, 0.25) is 0 Å². The summed E-state index contributed by atoms with van der Waals surface area (Å²) in [7, 11) is 0. The summed E-state index contributed by atoms with van der Waals surface area (Å²) in [5.74, 6) is -1.01. The SMILES string of the molecule is CC(C)[C@H](NC(=O)CCN1C(=O)[C@H]2CCCC[C@@H]2C1=O)c1ccc(F)cc1. The summed E-state index contributed by atoms with van der Waals surface area (Å²) in [4.78, 5) is 38.7. The number of hydrogen-bond acceptors (Lipinski definition) is 3. The Balaban J connectivity index is 1.59. The number of halogens is 1. The molecule has 27 heavy (non-hydrogen) atoms. The number of carbonyl (C=O) groups excluding carboxylic acids is 3. The van der Waals surface area contributed by atoms with Gasteiger partial charge in [-0.15, -0.1) is 0 Å². The summed E-state index contributed by atoms with van der Waals surface area (Å²) >= 11 is 0. The van der Waals surface area contributed by atoms with Crippen molar-refractivity contribution in [1.29, 1.82) is 0 Å². The Morgan fingerprint density at radius 3 is 2.19 bits per heavy atom. The molecule has 1 aromatic rings. The van der Waals surface area contributed by atoms with Gasteiger partial charge in [-0.2, -0.15) is 0 Å². The van der Waals surface area contributed by atoms with Gasteiger partial charge in [0.05, 0.1) is 17.9 Å². The molecule has 2 fully saturated rings. The summed E-state index contributed by atoms with van der Waals surface area (Å²) in [5.41, 5.74) is 0.832. The molecule has 0 radical (unpaired) electrons. The van der Waals surface area contributed by atoms with Crippen molar-refractivity contribution in [3.63, 3.8) is 0 Å². The molecule has 3 amide bonds. The Kier molecular flexibility index (Phi) is 5.92. The second kappa shape index (κ2) is 8.19. The highest BCUT2D eigenvalue weighted by molar-refractivity contribution is 6.05. The molecule has 0 bridgehead atoms. The van der Waals surface area contributed by atoms with Crippen LogP contribution in [0, 0.1) is 23.6 Å². The van der Waals surface area contributed by atoms with Crippen LogP contribution < -0.4 is 5.32 Å². The predicted molar refractivity (Wildman–Crippen MR) is 98.9 cm³/mol. The summed E-state index contributed by atoms with van der Waals surface area (Å²) < 4.78 is 13.1. The molecule has 2 aliphatic rings. The van der Waals surface area contributed by atoms with Gasteiger partial charge in [0.25, 0.3) is 0 Å². The van der Waals surface area contributed by atoms with Crippen LogP contribution in [-0.4, -0.2) is 29.2 Å². The molecule has 3 rings (SSSR count). The van der Waals surface area contributed by atoms with Crippen molar-refractivity contribution in [2.24, 2.45) is 17.8 Å². The van der Waals surface area contributed by atoms with Crippen molar-refractivity contribution in [2.45, 2.75) is 52.0 Å². The minimum absolute atomic E-state index is 0.0847. The molecule has 1 aliphatic heterocycles. The second-order valence-electron chi connectivity index (χ2n) is 7.92. The van der Waals surface area contributed by atoms with Crippen molar-refractivity contribution in [3.05, 3.63) is 35.6 Å². The minimum atomic E-state index is -0.319. The molecule has 3 atom stereocenters. The van der Waals surface area contributed by atoms with Gasteiger partial charge in [0, 0.05) is 13.0 Å². The van der Waals surface area contributed by atoms with Crippen molar-refractivity contribution in [3.8, 4) is 0 Å². The number of rotatable bonds is 6. The summed E-state index contributed by atoms with van der Waals surface area (Å²) in [6.45, 7) is 4.09. The predicted octanol–water partition coefficient (Wildman–Crippen LogP) is 3.20. The van der Waals surface area contributed by atoms with Gasteiger partial charge in [-0.1, -0.05) is 38.8 Å². The van der Waals surface area contributed by atoms with Gasteiger partial charge in [0.1, 0.15) is 5.82 Å². The Hall–Kier alpha value is -2.24. The fourth-order valence-electron chi connectivity index (χ4n) is 4.22. The number of nitrogens with zero attached hydrogens (tertiary/aromatic N) is 1. The minimum Gasteiger partial charge on any atom is -0.349 e. The molecular formula is C21H27FN2O3. The number of nitrogens with one attached hydrogen (secondary N) is 1. The lowest BCUT2D eigenvalue weighted by Crippen LogP contribution is -2.37. The Morgan fingerprint density at radius 2 is 1.67 bits per heavy atom. The number of likely N-dealkylation sites (tertiary alicyclic amines) is 1. The lowest BCUT2D eigenvalue weighted by atomic mass is 9.81. The monoisotopic (exact) mass is 374 g/mol. The maximum absolute atomic E-state index is 13.1. The van der Waals surface area contributed by atoms with Crippen molar-refractivity contribution in [2.75, 3.05) is 6.54 Å². The highest BCUT2D eigenvalue weighted by Crippen LogP contribution is 2.38. The van der Waals surface area contributed by atoms with E-state index in [1.54, 1.807) is 12.1 Å². The molecule has 1 N–H and O–H groups in total. The second-order valence-corrected chi connectivity index (χ2v) is 7.92. The summed E-state index contributed by atoms with van der Waals surface area (Å²) in [6, 6.07) is 5.84. The molecule has 6 heteroatoms. The largest absolute Gasteiger partial charge is 0.349 e. The fourth-order valence-corrected chi connectivity index (χ4v) is 4.22. The summed E-state index contributed by atoms with van der Waals surface area (Å²) in [6.07, 6.45) is 3.61. The third kappa shape index (κ3) is 4.20. The van der Waals surface area contributed by atoms with Crippen molar-refractivity contribution >= 4 is 17.7 Å². The van der Waals surface area contributed by atoms with Gasteiger partial charge in [-0.25, -0.2) is 4.39 Å². The molecule has 0 aromatic heterocycles. The zero-order valence-corrected chi connectivity index (χ0v) is 15.9. The highest BCUT2D eigenvalue weighted by atomic mass is 19.1. The van der Waals surface area contributed by atoms with E-state index < -0.39 is 0 Å². The van der Waals surface area contributed by atoms with Gasteiger partial charge in [-0.3, -0.25) is 19.3 Å². The van der Waals surface area contributed by atoms with Crippen LogP contribution in [0.3, 0.4) is 0 Å². The van der Waals surface area contributed by atoms with E-state index in [0.717, 1.165) is 31.2 Å². The molecule has 5 nitrogen and oxygen atoms in total. The maximum atomic E-state index is 13.1. The maximum Gasteiger partial charge on any atom is 0.233 e. The highest BCUT2D eigenvalue weighted by Gasteiger charge is 2.47. The normalized spacial score (nSPS) is 23.5. The van der Waals surface area contributed by atoms with Gasteiger partial charge in [0.2, 0.25) is 17.7 Å². The zero-order valence-electron chi connectivity index (χ0n) is 15.9. The molecule has 146 valence electrons. The molecule has 0 spiro atoms. The van der Waals surface area contributed by atoms with Gasteiger partial charge in [0.15, 0.2) is 0 Å². The van der Waals surface area contributed by atoms with Gasteiger partial charge >= 0.3 is 0 Å². The zero-order chi connectivity index (χ0) is 19.6. The van der Waals surface area contributed by atoms with E-state index in [1.165, 1.54) is 17.0 Å². The summed E-state index contributed by atoms with van der Waals surface area (Å²) in [5, 5.41) is 2.96. The van der Waals surface area contributed by atoms with Crippen LogP contribution in [0.4, 0.5) is 4.39 Å². The average molecular weight is 374 g/mol. The number of fused-ring (bicyclic) bond motifs is 1. The Labute approximate surface area is 159 Å². The Bertz CT molecular complexity index is 693. The fraction of sp³-hybridized carbons (Fsp3) is 0.571. The van der Waals surface area contributed by atoms with Crippen LogP contribution in [0.25, 0.3) is 0 Å². The molecule has 0 unspecified atom stereocenters. The topological polar surface area (TPSA) is 66.5 Å². The molecule has 1 saturated carbocycles. The van der Waals surface area contributed by atoms with E-state index >= 15 is 0 Å². The van der Waals surface area contributed by atoms with E-state index in [2.05, 4.69) is 5.32 Å². The smallest absolute Gasteiger partial charge is 0.233 e. The van der Waals surface area contributed by atoms with E-state index in [0.29, 0.717) is 0 Å². The van der Waals surface area contributed by atoms with E-state index in [-0.39, 0.29) is 60.3 Å². The first kappa shape index (κ1) is 19.5. The van der Waals surface area contributed by atoms with E-state index in [4.69, 9.17) is 0 Å². The lowest BCUT2D eigenvalue weighted by Gasteiger charge is -2.23. The quantitative estimate of drug-likeness (QED) is 0.778. The first-order chi connectivity index (χ1) is 12.9. The number of hydrogen-bond donors (Lipinski definition) is 1. The van der Waals surface area contributed by atoms with Crippen LogP contribution in [0.15, 0.2) is 24.3 Å². The first-order valence-electron chi connectivity index (χ1n) is 9.78. The van der Waals surface area contributed by atoms with Crippen molar-refractivity contribution < 1.29 is 18.8 Å². The number of benzene rings is 1. The molecule has 1 heterocycles. The average Bonchev–Trinajstić information content (AvgIpc) is 2.90. The third-order valence-corrected chi connectivity index (χ3v) is 5.71. The number of amides is 3. The number of imide groups is 1. The Morgan fingerprint density at radius 1 is 1.11 bits per heavy atom. The van der Waals surface area contributed by atoms with Crippen LogP contribution in [0.1, 0.15) is 57.6 Å². The standard InChI is InChI=1S/C21H27FN2O3/c1-13(2)19(14-7-9-15(22)10-8-14)23-18(25)11-12-24-20(26)16-5-3-4-6-17(16)21(24)27/h7-10,13,16-17,19H,3-6,11-12H2,1-2H3,(H,23,25)/t16-,17-,19-/m0/s1. The number of carbonyl (C=O) groups is 3. The molecule has 1 saturated heterocycles. The van der Waals surface area contributed by atoms with Gasteiger partial charge < -0.3 is 5.32 Å². The van der Waals surface area contributed by atoms with Crippen LogP contribution in [0.5, 0.6) is 0 Å². The van der Waals surface area contributed by atoms with Crippen LogP contribution >= 0.6 is 0 Å².